The maximum absolute atomic E-state index is 12.2. The number of amides is 1. The van der Waals surface area contributed by atoms with Crippen LogP contribution in [0.25, 0.3) is 0 Å². The van der Waals surface area contributed by atoms with Gasteiger partial charge < -0.3 is 19.8 Å². The van der Waals surface area contributed by atoms with E-state index in [9.17, 15) is 15.0 Å². The third kappa shape index (κ3) is 3.94. The molecule has 2 saturated heterocycles. The molecule has 2 heterocycles. The molecule has 6 heteroatoms. The smallest absolute Gasteiger partial charge is 0.222 e. The third-order valence-electron chi connectivity index (χ3n) is 4.86. The molecule has 6 nitrogen and oxygen atoms in total. The Morgan fingerprint density at radius 2 is 2.10 bits per heavy atom. The van der Waals surface area contributed by atoms with Crippen molar-refractivity contribution in [3.05, 3.63) is 0 Å². The highest BCUT2D eigenvalue weighted by Gasteiger charge is 2.40. The zero-order valence-corrected chi connectivity index (χ0v) is 12.9. The van der Waals surface area contributed by atoms with E-state index in [0.717, 1.165) is 38.9 Å². The first-order valence-corrected chi connectivity index (χ1v) is 7.95. The summed E-state index contributed by atoms with van der Waals surface area (Å²) in [5, 5.41) is 18.7. The van der Waals surface area contributed by atoms with Crippen LogP contribution in [0.2, 0.25) is 0 Å². The number of aliphatic hydroxyl groups is 2. The molecule has 0 aliphatic carbocycles. The van der Waals surface area contributed by atoms with Crippen LogP contribution in [0.3, 0.4) is 0 Å². The summed E-state index contributed by atoms with van der Waals surface area (Å²) < 4.78 is 5.08. The first-order valence-electron chi connectivity index (χ1n) is 7.95. The number of likely N-dealkylation sites (tertiary alicyclic amines) is 2. The van der Waals surface area contributed by atoms with E-state index in [1.54, 1.807) is 7.11 Å². The van der Waals surface area contributed by atoms with E-state index in [0.29, 0.717) is 25.0 Å². The van der Waals surface area contributed by atoms with Crippen molar-refractivity contribution in [1.29, 1.82) is 0 Å². The number of ether oxygens (including phenoxy) is 1. The topological polar surface area (TPSA) is 73.2 Å². The van der Waals surface area contributed by atoms with Crippen LogP contribution < -0.4 is 0 Å². The average Bonchev–Trinajstić information content (AvgIpc) is 2.51. The van der Waals surface area contributed by atoms with Crippen molar-refractivity contribution in [3.63, 3.8) is 0 Å². The molecule has 0 aromatic carbocycles. The zero-order chi connectivity index (χ0) is 15.2. The zero-order valence-electron chi connectivity index (χ0n) is 12.9. The van der Waals surface area contributed by atoms with Gasteiger partial charge in [-0.3, -0.25) is 9.69 Å². The van der Waals surface area contributed by atoms with E-state index < -0.39 is 0 Å². The number of nitrogens with zero attached hydrogens (tertiary/aromatic N) is 2. The molecular weight excluding hydrogens is 272 g/mol. The predicted octanol–water partition coefficient (Wildman–Crippen LogP) is -0.311. The predicted molar refractivity (Wildman–Crippen MR) is 78.9 cm³/mol. The largest absolute Gasteiger partial charge is 0.395 e. The summed E-state index contributed by atoms with van der Waals surface area (Å²) in [6.45, 7) is 3.14. The van der Waals surface area contributed by atoms with Crippen LogP contribution in [-0.4, -0.2) is 84.6 Å². The van der Waals surface area contributed by atoms with Gasteiger partial charge in [-0.05, 0) is 25.2 Å². The van der Waals surface area contributed by atoms with Gasteiger partial charge in [0.05, 0.1) is 19.3 Å². The Morgan fingerprint density at radius 3 is 2.76 bits per heavy atom. The first kappa shape index (κ1) is 16.7. The van der Waals surface area contributed by atoms with Crippen molar-refractivity contribution in [2.24, 2.45) is 5.92 Å². The molecule has 0 saturated carbocycles. The summed E-state index contributed by atoms with van der Waals surface area (Å²) in [4.78, 5) is 16.4. The SMILES string of the molecule is COCCCN1C(=O)CC[C@H]2CN(C(CO)CO)CC[C@H]21. The molecule has 2 atom stereocenters. The molecule has 21 heavy (non-hydrogen) atoms. The van der Waals surface area contributed by atoms with Crippen LogP contribution in [0.5, 0.6) is 0 Å². The minimum Gasteiger partial charge on any atom is -0.395 e. The van der Waals surface area contributed by atoms with Gasteiger partial charge in [-0.1, -0.05) is 0 Å². The van der Waals surface area contributed by atoms with E-state index in [1.165, 1.54) is 0 Å². The molecule has 2 aliphatic rings. The molecule has 2 rings (SSSR count). The van der Waals surface area contributed by atoms with Crippen LogP contribution in [-0.2, 0) is 9.53 Å². The number of fused-ring (bicyclic) bond motifs is 1. The Morgan fingerprint density at radius 1 is 1.33 bits per heavy atom. The van der Waals surface area contributed by atoms with E-state index in [2.05, 4.69) is 4.90 Å². The van der Waals surface area contributed by atoms with Gasteiger partial charge in [-0.25, -0.2) is 0 Å². The molecule has 2 fully saturated rings. The molecule has 1 amide bonds. The van der Waals surface area contributed by atoms with Crippen molar-refractivity contribution in [1.82, 2.24) is 9.80 Å². The monoisotopic (exact) mass is 300 g/mol. The van der Waals surface area contributed by atoms with Crippen LogP contribution >= 0.6 is 0 Å². The van der Waals surface area contributed by atoms with E-state index in [4.69, 9.17) is 4.74 Å². The molecule has 0 unspecified atom stereocenters. The second-order valence-electron chi connectivity index (χ2n) is 6.10. The number of carbonyl (C=O) groups is 1. The van der Waals surface area contributed by atoms with Crippen LogP contribution in [0, 0.1) is 5.92 Å². The molecule has 2 aliphatic heterocycles. The van der Waals surface area contributed by atoms with Crippen molar-refractivity contribution in [3.8, 4) is 0 Å². The quantitative estimate of drug-likeness (QED) is 0.631. The van der Waals surface area contributed by atoms with Gasteiger partial charge in [0.2, 0.25) is 5.91 Å². The average molecular weight is 300 g/mol. The van der Waals surface area contributed by atoms with Gasteiger partial charge in [-0.15, -0.1) is 0 Å². The number of carbonyl (C=O) groups excluding carboxylic acids is 1. The van der Waals surface area contributed by atoms with Crippen LogP contribution in [0.4, 0.5) is 0 Å². The third-order valence-corrected chi connectivity index (χ3v) is 4.86. The van der Waals surface area contributed by atoms with Gasteiger partial charge >= 0.3 is 0 Å². The highest BCUT2D eigenvalue weighted by molar-refractivity contribution is 5.77. The highest BCUT2D eigenvalue weighted by atomic mass is 16.5. The molecule has 0 aromatic heterocycles. The van der Waals surface area contributed by atoms with Gasteiger partial charge in [-0.2, -0.15) is 0 Å². The van der Waals surface area contributed by atoms with Crippen molar-refractivity contribution in [2.45, 2.75) is 37.8 Å². The summed E-state index contributed by atoms with van der Waals surface area (Å²) in [5.74, 6) is 0.723. The van der Waals surface area contributed by atoms with Crippen molar-refractivity contribution < 1.29 is 19.7 Å². The summed E-state index contributed by atoms with van der Waals surface area (Å²) in [7, 11) is 1.68. The fourth-order valence-electron chi connectivity index (χ4n) is 3.67. The molecule has 2 N–H and O–H groups in total. The minimum absolute atomic E-state index is 0.00955. The molecule has 0 spiro atoms. The fraction of sp³-hybridized carbons (Fsp3) is 0.933. The van der Waals surface area contributed by atoms with Gasteiger partial charge in [0, 0.05) is 45.8 Å². The first-order chi connectivity index (χ1) is 10.2. The van der Waals surface area contributed by atoms with Gasteiger partial charge in [0.15, 0.2) is 0 Å². The van der Waals surface area contributed by atoms with E-state index in [-0.39, 0.29) is 25.2 Å². The lowest BCUT2D eigenvalue weighted by Gasteiger charge is -2.48. The number of rotatable bonds is 7. The summed E-state index contributed by atoms with van der Waals surface area (Å²) >= 11 is 0. The normalized spacial score (nSPS) is 27.2. The number of piperidine rings is 2. The maximum Gasteiger partial charge on any atom is 0.222 e. The lowest BCUT2D eigenvalue weighted by Crippen LogP contribution is -2.58. The Hall–Kier alpha value is -0.690. The maximum atomic E-state index is 12.2. The number of hydrogen-bond donors (Lipinski definition) is 2. The minimum atomic E-state index is -0.162. The van der Waals surface area contributed by atoms with Crippen LogP contribution in [0.15, 0.2) is 0 Å². The van der Waals surface area contributed by atoms with Crippen molar-refractivity contribution >= 4 is 5.91 Å². The van der Waals surface area contributed by atoms with Crippen molar-refractivity contribution in [2.75, 3.05) is 46.6 Å². The second-order valence-corrected chi connectivity index (χ2v) is 6.10. The molecular formula is C15H28N2O4. The van der Waals surface area contributed by atoms with E-state index in [1.807, 2.05) is 4.90 Å². The standard InChI is InChI=1S/C15H28N2O4/c1-21-8-2-6-17-14-5-7-16(13(10-18)11-19)9-12(14)3-4-15(17)20/h12-14,18-19H,2-11H2,1H3/t12-,14+/m0/s1. The summed E-state index contributed by atoms with van der Waals surface area (Å²) in [6, 6.07) is 0.155. The van der Waals surface area contributed by atoms with Gasteiger partial charge in [0.1, 0.15) is 0 Å². The summed E-state index contributed by atoms with van der Waals surface area (Å²) in [6.07, 6.45) is 3.35. The molecule has 122 valence electrons. The highest BCUT2D eigenvalue weighted by Crippen LogP contribution is 2.32. The second kappa shape index (κ2) is 8.08. The van der Waals surface area contributed by atoms with Gasteiger partial charge in [0.25, 0.3) is 0 Å². The molecule has 0 radical (unpaired) electrons. The Bertz CT molecular complexity index is 336. The Labute approximate surface area is 126 Å². The number of hydrogen-bond acceptors (Lipinski definition) is 5. The molecule has 0 aromatic rings. The Balaban J connectivity index is 1.94. The van der Waals surface area contributed by atoms with Crippen LogP contribution in [0.1, 0.15) is 25.7 Å². The number of aliphatic hydroxyl groups excluding tert-OH is 2. The summed E-state index contributed by atoms with van der Waals surface area (Å²) in [5.41, 5.74) is 0. The number of methoxy groups -OCH3 is 1. The Kier molecular flexibility index (Phi) is 6.41. The lowest BCUT2D eigenvalue weighted by molar-refractivity contribution is -0.142. The fourth-order valence-corrected chi connectivity index (χ4v) is 3.67. The molecule has 0 bridgehead atoms. The van der Waals surface area contributed by atoms with E-state index >= 15 is 0 Å². The lowest BCUT2D eigenvalue weighted by atomic mass is 9.83.